The van der Waals surface area contributed by atoms with E-state index in [4.69, 9.17) is 4.74 Å². The number of phenols is 1. The van der Waals surface area contributed by atoms with Gasteiger partial charge in [0.25, 0.3) is 0 Å². The number of hydrogen-bond acceptors (Lipinski definition) is 2. The maximum absolute atomic E-state index is 9.69. The van der Waals surface area contributed by atoms with Crippen LogP contribution in [0.2, 0.25) is 0 Å². The predicted octanol–water partition coefficient (Wildman–Crippen LogP) is 1.92. The molecule has 0 aliphatic carbocycles. The smallest absolute Gasteiger partial charge is 0.161 e. The van der Waals surface area contributed by atoms with E-state index in [0.717, 1.165) is 16.6 Å². The SMILES string of the molecule is COc1cc(C[N+](C)(C)C)cc(C)c1O. The Morgan fingerprint density at radius 1 is 1.27 bits per heavy atom. The van der Waals surface area contributed by atoms with Crippen molar-refractivity contribution in [2.24, 2.45) is 0 Å². The highest BCUT2D eigenvalue weighted by Gasteiger charge is 2.13. The van der Waals surface area contributed by atoms with Gasteiger partial charge in [-0.05, 0) is 24.6 Å². The first-order valence-electron chi connectivity index (χ1n) is 5.00. The molecule has 1 N–H and O–H groups in total. The van der Waals surface area contributed by atoms with Crippen LogP contribution in [0.1, 0.15) is 11.1 Å². The first kappa shape index (κ1) is 11.9. The highest BCUT2D eigenvalue weighted by atomic mass is 16.5. The third-order valence-electron chi connectivity index (χ3n) is 2.20. The maximum atomic E-state index is 9.69. The predicted molar refractivity (Wildman–Crippen MR) is 61.1 cm³/mol. The van der Waals surface area contributed by atoms with Crippen molar-refractivity contribution in [1.82, 2.24) is 0 Å². The lowest BCUT2D eigenvalue weighted by Gasteiger charge is -2.24. The summed E-state index contributed by atoms with van der Waals surface area (Å²) in [6, 6.07) is 3.90. The molecule has 0 atom stereocenters. The van der Waals surface area contributed by atoms with Crippen LogP contribution in [-0.2, 0) is 6.54 Å². The van der Waals surface area contributed by atoms with Crippen LogP contribution in [0, 0.1) is 6.92 Å². The first-order valence-corrected chi connectivity index (χ1v) is 5.00. The lowest BCUT2D eigenvalue weighted by Crippen LogP contribution is -2.33. The van der Waals surface area contributed by atoms with Crippen LogP contribution in [-0.4, -0.2) is 37.8 Å². The quantitative estimate of drug-likeness (QED) is 0.772. The minimum Gasteiger partial charge on any atom is -0.504 e. The molecule has 0 saturated carbocycles. The Morgan fingerprint density at radius 2 is 1.87 bits per heavy atom. The molecule has 0 amide bonds. The number of phenolic OH excluding ortho intramolecular Hbond substituents is 1. The Kier molecular flexibility index (Phi) is 3.25. The average molecular weight is 210 g/mol. The molecule has 0 saturated heterocycles. The lowest BCUT2D eigenvalue weighted by molar-refractivity contribution is -0.884. The van der Waals surface area contributed by atoms with Crippen molar-refractivity contribution in [3.05, 3.63) is 23.3 Å². The molecule has 3 nitrogen and oxygen atoms in total. The topological polar surface area (TPSA) is 29.5 Å². The zero-order valence-electron chi connectivity index (χ0n) is 10.2. The summed E-state index contributed by atoms with van der Waals surface area (Å²) in [5.74, 6) is 0.793. The van der Waals surface area contributed by atoms with Gasteiger partial charge in [0.1, 0.15) is 6.54 Å². The highest BCUT2D eigenvalue weighted by molar-refractivity contribution is 5.47. The molecule has 0 heterocycles. The number of aryl methyl sites for hydroxylation is 1. The van der Waals surface area contributed by atoms with E-state index in [1.807, 2.05) is 19.1 Å². The number of quaternary nitrogens is 1. The molecule has 0 bridgehead atoms. The van der Waals surface area contributed by atoms with E-state index in [0.29, 0.717) is 5.75 Å². The van der Waals surface area contributed by atoms with Crippen molar-refractivity contribution >= 4 is 0 Å². The van der Waals surface area contributed by atoms with Gasteiger partial charge in [-0.1, -0.05) is 0 Å². The molecule has 84 valence electrons. The van der Waals surface area contributed by atoms with Gasteiger partial charge in [-0.15, -0.1) is 0 Å². The van der Waals surface area contributed by atoms with Crippen molar-refractivity contribution in [2.75, 3.05) is 28.3 Å². The van der Waals surface area contributed by atoms with Crippen LogP contribution < -0.4 is 4.74 Å². The third kappa shape index (κ3) is 3.13. The molecule has 1 aromatic carbocycles. The van der Waals surface area contributed by atoms with Crippen LogP contribution >= 0.6 is 0 Å². The molecule has 3 heteroatoms. The molecule has 0 aliphatic rings. The van der Waals surface area contributed by atoms with Gasteiger partial charge in [-0.25, -0.2) is 0 Å². The lowest BCUT2D eigenvalue weighted by atomic mass is 10.1. The number of nitrogens with zero attached hydrogens (tertiary/aromatic N) is 1. The monoisotopic (exact) mass is 210 g/mol. The second-order valence-electron chi connectivity index (χ2n) is 4.91. The summed E-state index contributed by atoms with van der Waals surface area (Å²) in [7, 11) is 7.97. The Morgan fingerprint density at radius 3 is 2.33 bits per heavy atom. The summed E-state index contributed by atoms with van der Waals surface area (Å²) in [5.41, 5.74) is 2.03. The first-order chi connectivity index (χ1) is 6.83. The molecule has 1 aromatic rings. The van der Waals surface area contributed by atoms with Crippen molar-refractivity contribution in [2.45, 2.75) is 13.5 Å². The van der Waals surface area contributed by atoms with Crippen LogP contribution in [0.25, 0.3) is 0 Å². The minimum atomic E-state index is 0.239. The fraction of sp³-hybridized carbons (Fsp3) is 0.500. The van der Waals surface area contributed by atoms with Crippen molar-refractivity contribution in [1.29, 1.82) is 0 Å². The maximum Gasteiger partial charge on any atom is 0.161 e. The Balaban J connectivity index is 3.06. The number of hydrogen-bond donors (Lipinski definition) is 1. The van der Waals surface area contributed by atoms with Crippen molar-refractivity contribution in [3.8, 4) is 11.5 Å². The van der Waals surface area contributed by atoms with Crippen LogP contribution in [0.3, 0.4) is 0 Å². The molecular weight excluding hydrogens is 190 g/mol. The standard InChI is InChI=1S/C12H19NO2/c1-9-6-10(8-13(2,3)4)7-11(15-5)12(9)14/h6-7H,8H2,1-5H3/p+1. The van der Waals surface area contributed by atoms with Crippen molar-refractivity contribution < 1.29 is 14.3 Å². The molecule has 0 aromatic heterocycles. The largest absolute Gasteiger partial charge is 0.504 e. The van der Waals surface area contributed by atoms with Gasteiger partial charge < -0.3 is 14.3 Å². The Labute approximate surface area is 91.5 Å². The average Bonchev–Trinajstić information content (AvgIpc) is 2.08. The number of benzene rings is 1. The number of rotatable bonds is 3. The second-order valence-corrected chi connectivity index (χ2v) is 4.91. The molecule has 0 aliphatic heterocycles. The Bertz CT molecular complexity index is 353. The van der Waals surface area contributed by atoms with Gasteiger partial charge in [-0.3, -0.25) is 0 Å². The van der Waals surface area contributed by atoms with Gasteiger partial charge in [0, 0.05) is 5.56 Å². The molecule has 0 unspecified atom stereocenters. The summed E-state index contributed by atoms with van der Waals surface area (Å²) in [4.78, 5) is 0. The van der Waals surface area contributed by atoms with Crippen molar-refractivity contribution in [3.63, 3.8) is 0 Å². The summed E-state index contributed by atoms with van der Waals surface area (Å²) < 4.78 is 5.98. The van der Waals surface area contributed by atoms with Gasteiger partial charge in [0.05, 0.1) is 28.3 Å². The Hall–Kier alpha value is -1.22. The zero-order chi connectivity index (χ0) is 11.6. The minimum absolute atomic E-state index is 0.239. The van der Waals surface area contributed by atoms with Crippen LogP contribution in [0.4, 0.5) is 0 Å². The third-order valence-corrected chi connectivity index (χ3v) is 2.20. The van der Waals surface area contributed by atoms with E-state index in [1.165, 1.54) is 5.56 Å². The molecule has 0 radical (unpaired) electrons. The van der Waals surface area contributed by atoms with Gasteiger partial charge in [0.2, 0.25) is 0 Å². The highest BCUT2D eigenvalue weighted by Crippen LogP contribution is 2.31. The second kappa shape index (κ2) is 4.11. The number of methoxy groups -OCH3 is 1. The summed E-state index contributed by atoms with van der Waals surface area (Å²) in [5, 5.41) is 9.69. The fourth-order valence-corrected chi connectivity index (χ4v) is 1.61. The van der Waals surface area contributed by atoms with Crippen LogP contribution in [0.15, 0.2) is 12.1 Å². The molecule has 15 heavy (non-hydrogen) atoms. The summed E-state index contributed by atoms with van der Waals surface area (Å²) in [6.45, 7) is 2.80. The van der Waals surface area contributed by atoms with Crippen LogP contribution in [0.5, 0.6) is 11.5 Å². The van der Waals surface area contributed by atoms with Gasteiger partial charge in [-0.2, -0.15) is 0 Å². The van der Waals surface area contributed by atoms with Gasteiger partial charge in [0.15, 0.2) is 11.5 Å². The molecular formula is C12H20NO2+. The van der Waals surface area contributed by atoms with E-state index in [2.05, 4.69) is 21.1 Å². The van der Waals surface area contributed by atoms with E-state index in [-0.39, 0.29) is 5.75 Å². The molecule has 0 fully saturated rings. The number of ether oxygens (including phenoxy) is 1. The van der Waals surface area contributed by atoms with E-state index in [9.17, 15) is 5.11 Å². The summed E-state index contributed by atoms with van der Waals surface area (Å²) >= 11 is 0. The van der Waals surface area contributed by atoms with E-state index in [1.54, 1.807) is 7.11 Å². The summed E-state index contributed by atoms with van der Waals surface area (Å²) in [6.07, 6.45) is 0. The zero-order valence-corrected chi connectivity index (χ0v) is 10.2. The van der Waals surface area contributed by atoms with E-state index >= 15 is 0 Å². The number of aromatic hydroxyl groups is 1. The normalized spacial score (nSPS) is 11.5. The van der Waals surface area contributed by atoms with E-state index < -0.39 is 0 Å². The fourth-order valence-electron chi connectivity index (χ4n) is 1.61. The van der Waals surface area contributed by atoms with Gasteiger partial charge >= 0.3 is 0 Å². The molecule has 0 spiro atoms. The molecule has 1 rings (SSSR count).